The number of carboxylic acid groups (broad SMARTS) is 1. The molecule has 0 aliphatic carbocycles. The van der Waals surface area contributed by atoms with Gasteiger partial charge in [0.15, 0.2) is 0 Å². The molecule has 0 aliphatic rings. The number of aromatic carboxylic acids is 1. The quantitative estimate of drug-likeness (QED) is 0.897. The molecule has 0 fully saturated rings. The Hall–Kier alpha value is -1.59. The maximum Gasteiger partial charge on any atom is 0.335 e. The Morgan fingerprint density at radius 3 is 2.44 bits per heavy atom. The zero-order valence-electron chi connectivity index (χ0n) is 7.76. The molecule has 1 aromatic heterocycles. The van der Waals surface area contributed by atoms with Crippen molar-refractivity contribution < 1.29 is 9.90 Å². The fraction of sp³-hybridized carbons (Fsp3) is 0. The molecule has 1 heterocycles. The largest absolute Gasteiger partial charge is 0.478 e. The minimum absolute atomic E-state index is 0.0538. The molecule has 82 valence electrons. The lowest BCUT2D eigenvalue weighted by atomic mass is 10.2. The van der Waals surface area contributed by atoms with Crippen molar-refractivity contribution in [2.45, 2.75) is 0 Å². The minimum Gasteiger partial charge on any atom is -0.478 e. The lowest BCUT2D eigenvalue weighted by molar-refractivity contribution is 0.0697. The van der Waals surface area contributed by atoms with Crippen LogP contribution in [0.2, 0.25) is 10.0 Å². The van der Waals surface area contributed by atoms with Gasteiger partial charge in [-0.15, -0.1) is 10.2 Å². The number of aromatic nitrogens is 3. The van der Waals surface area contributed by atoms with Crippen LogP contribution in [0.4, 0.5) is 0 Å². The summed E-state index contributed by atoms with van der Waals surface area (Å²) in [6.07, 6.45) is 2.81. The van der Waals surface area contributed by atoms with Crippen LogP contribution in [0, 0.1) is 0 Å². The van der Waals surface area contributed by atoms with E-state index in [1.165, 1.54) is 29.4 Å². The van der Waals surface area contributed by atoms with Crippen LogP contribution in [0.15, 0.2) is 24.8 Å². The average molecular weight is 258 g/mol. The van der Waals surface area contributed by atoms with Crippen molar-refractivity contribution in [1.82, 2.24) is 14.8 Å². The number of nitrogens with zero attached hydrogens (tertiary/aromatic N) is 3. The summed E-state index contributed by atoms with van der Waals surface area (Å²) in [5, 5.41) is 16.5. The maximum atomic E-state index is 10.8. The summed E-state index contributed by atoms with van der Waals surface area (Å²) in [5.74, 6) is -1.08. The highest BCUT2D eigenvalue weighted by atomic mass is 35.5. The van der Waals surface area contributed by atoms with E-state index in [-0.39, 0.29) is 15.6 Å². The van der Waals surface area contributed by atoms with Crippen molar-refractivity contribution >= 4 is 29.2 Å². The van der Waals surface area contributed by atoms with Gasteiger partial charge in [-0.2, -0.15) is 0 Å². The third-order valence-corrected chi connectivity index (χ3v) is 2.74. The van der Waals surface area contributed by atoms with E-state index >= 15 is 0 Å². The second kappa shape index (κ2) is 4.11. The van der Waals surface area contributed by atoms with E-state index in [0.717, 1.165) is 0 Å². The zero-order chi connectivity index (χ0) is 11.7. The fourth-order valence-corrected chi connectivity index (χ4v) is 1.63. The van der Waals surface area contributed by atoms with E-state index in [0.29, 0.717) is 5.69 Å². The number of carboxylic acids is 1. The lowest BCUT2D eigenvalue weighted by Crippen LogP contribution is -2.00. The summed E-state index contributed by atoms with van der Waals surface area (Å²) in [4.78, 5) is 10.8. The highest BCUT2D eigenvalue weighted by molar-refractivity contribution is 6.43. The second-order valence-corrected chi connectivity index (χ2v) is 3.75. The Balaban J connectivity index is 2.65. The number of halogens is 2. The Morgan fingerprint density at radius 2 is 1.88 bits per heavy atom. The standard InChI is InChI=1S/C9H5Cl2N3O2/c10-6-1-5(9(15)16)2-7(8(6)11)14-3-12-13-4-14/h1-4H,(H,15,16). The monoisotopic (exact) mass is 257 g/mol. The van der Waals surface area contributed by atoms with Gasteiger partial charge < -0.3 is 5.11 Å². The van der Waals surface area contributed by atoms with Crippen LogP contribution >= 0.6 is 23.2 Å². The first-order chi connectivity index (χ1) is 7.59. The molecule has 1 aromatic carbocycles. The molecule has 0 atom stereocenters. The average Bonchev–Trinajstić information content (AvgIpc) is 2.74. The molecular formula is C9H5Cl2N3O2. The minimum atomic E-state index is -1.08. The highest BCUT2D eigenvalue weighted by Gasteiger charge is 2.13. The molecule has 0 radical (unpaired) electrons. The molecule has 5 nitrogen and oxygen atoms in total. The normalized spacial score (nSPS) is 10.4. The molecule has 0 saturated carbocycles. The summed E-state index contributed by atoms with van der Waals surface area (Å²) in [7, 11) is 0. The van der Waals surface area contributed by atoms with Gasteiger partial charge >= 0.3 is 5.97 Å². The Labute approximate surface area is 100 Å². The van der Waals surface area contributed by atoms with Crippen LogP contribution in [0.25, 0.3) is 5.69 Å². The zero-order valence-corrected chi connectivity index (χ0v) is 9.27. The molecule has 0 unspecified atom stereocenters. The van der Waals surface area contributed by atoms with Gasteiger partial charge in [-0.25, -0.2) is 4.79 Å². The number of hydrogen-bond donors (Lipinski definition) is 1. The Kier molecular flexibility index (Phi) is 2.80. The SMILES string of the molecule is O=C(O)c1cc(Cl)c(Cl)c(-n2cnnc2)c1. The van der Waals surface area contributed by atoms with Gasteiger partial charge in [-0.1, -0.05) is 23.2 Å². The Bertz CT molecular complexity index is 540. The van der Waals surface area contributed by atoms with Gasteiger partial charge in [0.1, 0.15) is 12.7 Å². The molecule has 0 bridgehead atoms. The van der Waals surface area contributed by atoms with E-state index in [2.05, 4.69) is 10.2 Å². The Morgan fingerprint density at radius 1 is 1.25 bits per heavy atom. The molecule has 0 aliphatic heterocycles. The van der Waals surface area contributed by atoms with Gasteiger partial charge in [-0.3, -0.25) is 4.57 Å². The van der Waals surface area contributed by atoms with Crippen molar-refractivity contribution in [2.75, 3.05) is 0 Å². The van der Waals surface area contributed by atoms with Crippen LogP contribution in [-0.4, -0.2) is 25.8 Å². The predicted molar refractivity (Wildman–Crippen MR) is 58.3 cm³/mol. The molecule has 7 heteroatoms. The summed E-state index contributed by atoms with van der Waals surface area (Å²) in [6, 6.07) is 2.69. The molecule has 0 amide bonds. The summed E-state index contributed by atoms with van der Waals surface area (Å²) >= 11 is 11.8. The van der Waals surface area contributed by atoms with Crippen molar-refractivity contribution in [2.24, 2.45) is 0 Å². The number of benzene rings is 1. The van der Waals surface area contributed by atoms with Gasteiger partial charge in [0.2, 0.25) is 0 Å². The van der Waals surface area contributed by atoms with E-state index in [4.69, 9.17) is 28.3 Å². The second-order valence-electron chi connectivity index (χ2n) is 2.97. The molecular weight excluding hydrogens is 253 g/mol. The van der Waals surface area contributed by atoms with Crippen LogP contribution in [0.1, 0.15) is 10.4 Å². The van der Waals surface area contributed by atoms with Crippen molar-refractivity contribution in [1.29, 1.82) is 0 Å². The first kappa shape index (κ1) is 10.9. The lowest BCUT2D eigenvalue weighted by Gasteiger charge is -2.07. The first-order valence-corrected chi connectivity index (χ1v) is 4.92. The van der Waals surface area contributed by atoms with E-state index in [1.807, 2.05) is 0 Å². The number of rotatable bonds is 2. The van der Waals surface area contributed by atoms with Gasteiger partial charge in [0, 0.05) is 0 Å². The number of carbonyl (C=O) groups is 1. The van der Waals surface area contributed by atoms with Crippen LogP contribution in [-0.2, 0) is 0 Å². The molecule has 16 heavy (non-hydrogen) atoms. The maximum absolute atomic E-state index is 10.8. The summed E-state index contributed by atoms with van der Waals surface area (Å²) in [5.41, 5.74) is 0.481. The first-order valence-electron chi connectivity index (χ1n) is 4.17. The van der Waals surface area contributed by atoms with Gasteiger partial charge in [0.05, 0.1) is 21.3 Å². The molecule has 0 spiro atoms. The molecule has 1 N–H and O–H groups in total. The molecule has 2 aromatic rings. The van der Waals surface area contributed by atoms with Crippen LogP contribution in [0.3, 0.4) is 0 Å². The van der Waals surface area contributed by atoms with E-state index < -0.39 is 5.97 Å². The van der Waals surface area contributed by atoms with Crippen molar-refractivity contribution in [3.05, 3.63) is 40.4 Å². The topological polar surface area (TPSA) is 68.0 Å². The van der Waals surface area contributed by atoms with E-state index in [1.54, 1.807) is 0 Å². The van der Waals surface area contributed by atoms with Gasteiger partial charge in [0.25, 0.3) is 0 Å². The summed E-state index contributed by atoms with van der Waals surface area (Å²) in [6.45, 7) is 0. The van der Waals surface area contributed by atoms with Crippen LogP contribution in [0.5, 0.6) is 0 Å². The van der Waals surface area contributed by atoms with Crippen molar-refractivity contribution in [3.8, 4) is 5.69 Å². The van der Waals surface area contributed by atoms with Crippen LogP contribution < -0.4 is 0 Å². The third kappa shape index (κ3) is 1.87. The van der Waals surface area contributed by atoms with Crippen molar-refractivity contribution in [3.63, 3.8) is 0 Å². The number of hydrogen-bond acceptors (Lipinski definition) is 3. The fourth-order valence-electron chi connectivity index (χ4n) is 1.21. The molecule has 0 saturated heterocycles. The highest BCUT2D eigenvalue weighted by Crippen LogP contribution is 2.30. The molecule has 2 rings (SSSR count). The third-order valence-electron chi connectivity index (χ3n) is 1.95. The predicted octanol–water partition coefficient (Wildman–Crippen LogP) is 2.27. The van der Waals surface area contributed by atoms with Gasteiger partial charge in [-0.05, 0) is 12.1 Å². The smallest absolute Gasteiger partial charge is 0.335 e. The summed E-state index contributed by atoms with van der Waals surface area (Å²) < 4.78 is 1.49. The van der Waals surface area contributed by atoms with E-state index in [9.17, 15) is 4.79 Å².